The molecule has 0 radical (unpaired) electrons. The van der Waals surface area contributed by atoms with Gasteiger partial charge in [-0.25, -0.2) is 0 Å². The average molecular weight is 289 g/mol. The number of rotatable bonds is 9. The fraction of sp³-hybridized carbons (Fsp3) is 0.438. The number of ether oxygens (including phenoxy) is 1. The summed E-state index contributed by atoms with van der Waals surface area (Å²) in [5, 5.41) is 17.2. The Morgan fingerprint density at radius 1 is 1.33 bits per heavy atom. The highest BCUT2D eigenvalue weighted by molar-refractivity contribution is 5.26. The Morgan fingerprint density at radius 2 is 2.14 bits per heavy atom. The fourth-order valence-corrected chi connectivity index (χ4v) is 1.95. The van der Waals surface area contributed by atoms with E-state index in [1.165, 1.54) is 5.56 Å². The van der Waals surface area contributed by atoms with Crippen molar-refractivity contribution in [1.29, 1.82) is 0 Å². The summed E-state index contributed by atoms with van der Waals surface area (Å²) in [7, 11) is 0. The Hall–Kier alpha value is -1.85. The molecule has 0 amide bonds. The van der Waals surface area contributed by atoms with Gasteiger partial charge < -0.3 is 15.2 Å². The first kappa shape index (κ1) is 15.5. The minimum Gasteiger partial charge on any atom is -0.491 e. The fourth-order valence-electron chi connectivity index (χ4n) is 1.95. The van der Waals surface area contributed by atoms with Crippen LogP contribution in [-0.2, 0) is 6.54 Å². The van der Waals surface area contributed by atoms with Crippen LogP contribution in [0.4, 0.5) is 0 Å². The van der Waals surface area contributed by atoms with Crippen LogP contribution in [0.15, 0.2) is 42.7 Å². The van der Waals surface area contributed by atoms with Crippen LogP contribution < -0.4 is 10.1 Å². The van der Waals surface area contributed by atoms with Crippen molar-refractivity contribution in [1.82, 2.24) is 15.1 Å². The molecule has 114 valence electrons. The molecule has 0 saturated heterocycles. The van der Waals surface area contributed by atoms with E-state index in [1.54, 1.807) is 6.20 Å². The summed E-state index contributed by atoms with van der Waals surface area (Å²) in [6, 6.07) is 9.74. The van der Waals surface area contributed by atoms with Gasteiger partial charge in [0.25, 0.3) is 0 Å². The van der Waals surface area contributed by atoms with E-state index >= 15 is 0 Å². The molecule has 1 unspecified atom stereocenters. The molecule has 1 atom stereocenters. The molecular formula is C16H23N3O2. The van der Waals surface area contributed by atoms with E-state index in [9.17, 15) is 5.11 Å². The second-order valence-electron chi connectivity index (χ2n) is 5.10. The van der Waals surface area contributed by atoms with Gasteiger partial charge in [-0.3, -0.25) is 4.68 Å². The molecule has 5 nitrogen and oxygen atoms in total. The number of nitrogens with one attached hydrogen (secondary N) is 1. The summed E-state index contributed by atoms with van der Waals surface area (Å²) in [5.74, 6) is 0.790. The molecule has 1 aromatic heterocycles. The van der Waals surface area contributed by atoms with Crippen LogP contribution in [0.5, 0.6) is 5.75 Å². The average Bonchev–Trinajstić information content (AvgIpc) is 2.99. The first-order chi connectivity index (χ1) is 10.2. The minimum atomic E-state index is -0.504. The van der Waals surface area contributed by atoms with Crippen molar-refractivity contribution in [3.63, 3.8) is 0 Å². The Balaban J connectivity index is 1.53. The maximum absolute atomic E-state index is 9.84. The van der Waals surface area contributed by atoms with Gasteiger partial charge in [0.1, 0.15) is 18.5 Å². The van der Waals surface area contributed by atoms with Gasteiger partial charge in [-0.15, -0.1) is 0 Å². The standard InChI is InChI=1S/C16H23N3O2/c1-14-4-6-16(7-5-14)21-13-15(20)12-17-8-2-10-19-11-3-9-18-19/h3-7,9,11,15,17,20H,2,8,10,12-13H2,1H3. The predicted octanol–water partition coefficient (Wildman–Crippen LogP) is 1.61. The molecule has 0 saturated carbocycles. The third-order valence-electron chi connectivity index (χ3n) is 3.14. The molecule has 1 heterocycles. The quantitative estimate of drug-likeness (QED) is 0.689. The van der Waals surface area contributed by atoms with Gasteiger partial charge in [0, 0.05) is 25.5 Å². The molecule has 0 fully saturated rings. The van der Waals surface area contributed by atoms with Gasteiger partial charge in [-0.2, -0.15) is 5.10 Å². The zero-order chi connectivity index (χ0) is 14.9. The van der Waals surface area contributed by atoms with Crippen LogP contribution in [0.3, 0.4) is 0 Å². The molecule has 1 aromatic carbocycles. The Bertz CT molecular complexity index is 497. The Kier molecular flexibility index (Phi) is 6.24. The van der Waals surface area contributed by atoms with E-state index in [4.69, 9.17) is 4.74 Å². The lowest BCUT2D eigenvalue weighted by atomic mass is 10.2. The molecule has 2 N–H and O–H groups in total. The minimum absolute atomic E-state index is 0.301. The predicted molar refractivity (Wildman–Crippen MR) is 82.4 cm³/mol. The summed E-state index contributed by atoms with van der Waals surface area (Å²) in [5.41, 5.74) is 1.20. The zero-order valence-corrected chi connectivity index (χ0v) is 12.4. The molecule has 2 aromatic rings. The molecule has 2 rings (SSSR count). The van der Waals surface area contributed by atoms with E-state index in [0.717, 1.165) is 25.3 Å². The third kappa shape index (κ3) is 5.97. The van der Waals surface area contributed by atoms with Gasteiger partial charge >= 0.3 is 0 Å². The van der Waals surface area contributed by atoms with Crippen LogP contribution >= 0.6 is 0 Å². The monoisotopic (exact) mass is 289 g/mol. The number of aliphatic hydroxyl groups excluding tert-OH is 1. The normalized spacial score (nSPS) is 12.3. The lowest BCUT2D eigenvalue weighted by molar-refractivity contribution is 0.106. The molecule has 0 aliphatic carbocycles. The number of benzene rings is 1. The van der Waals surface area contributed by atoms with Crippen molar-refractivity contribution in [2.45, 2.75) is 26.0 Å². The Labute approximate surface area is 125 Å². The molecular weight excluding hydrogens is 266 g/mol. The Morgan fingerprint density at radius 3 is 2.86 bits per heavy atom. The van der Waals surface area contributed by atoms with Gasteiger partial charge in [0.2, 0.25) is 0 Å². The van der Waals surface area contributed by atoms with Gasteiger partial charge in [0.05, 0.1) is 0 Å². The van der Waals surface area contributed by atoms with E-state index < -0.39 is 6.10 Å². The number of nitrogens with zero attached hydrogens (tertiary/aromatic N) is 2. The van der Waals surface area contributed by atoms with Crippen molar-refractivity contribution in [3.05, 3.63) is 48.3 Å². The van der Waals surface area contributed by atoms with Crippen molar-refractivity contribution in [3.8, 4) is 5.75 Å². The largest absolute Gasteiger partial charge is 0.491 e. The number of hydrogen-bond donors (Lipinski definition) is 2. The highest BCUT2D eigenvalue weighted by Gasteiger charge is 2.04. The molecule has 0 aliphatic rings. The van der Waals surface area contributed by atoms with Crippen LogP contribution in [-0.4, -0.2) is 40.7 Å². The van der Waals surface area contributed by atoms with Crippen LogP contribution in [0, 0.1) is 6.92 Å². The zero-order valence-electron chi connectivity index (χ0n) is 12.4. The van der Waals surface area contributed by atoms with E-state index in [-0.39, 0.29) is 0 Å². The van der Waals surface area contributed by atoms with Crippen LogP contribution in [0.2, 0.25) is 0 Å². The second kappa shape index (κ2) is 8.44. The summed E-state index contributed by atoms with van der Waals surface area (Å²) < 4.78 is 7.44. The molecule has 21 heavy (non-hydrogen) atoms. The van der Waals surface area contributed by atoms with Crippen molar-refractivity contribution < 1.29 is 9.84 Å². The maximum Gasteiger partial charge on any atom is 0.119 e. The summed E-state index contributed by atoms with van der Waals surface area (Å²) in [6.07, 6.45) is 4.20. The van der Waals surface area contributed by atoms with Gasteiger partial charge in [-0.05, 0) is 38.1 Å². The first-order valence-electron chi connectivity index (χ1n) is 7.30. The van der Waals surface area contributed by atoms with E-state index in [2.05, 4.69) is 10.4 Å². The first-order valence-corrected chi connectivity index (χ1v) is 7.30. The highest BCUT2D eigenvalue weighted by Crippen LogP contribution is 2.11. The topological polar surface area (TPSA) is 59.3 Å². The molecule has 0 bridgehead atoms. The van der Waals surface area contributed by atoms with Crippen molar-refractivity contribution in [2.24, 2.45) is 0 Å². The molecule has 5 heteroatoms. The molecule has 0 spiro atoms. The van der Waals surface area contributed by atoms with Crippen molar-refractivity contribution >= 4 is 0 Å². The summed E-state index contributed by atoms with van der Waals surface area (Å²) in [4.78, 5) is 0. The number of aliphatic hydroxyl groups is 1. The smallest absolute Gasteiger partial charge is 0.119 e. The van der Waals surface area contributed by atoms with Crippen molar-refractivity contribution in [2.75, 3.05) is 19.7 Å². The third-order valence-corrected chi connectivity index (χ3v) is 3.14. The van der Waals surface area contributed by atoms with Gasteiger partial charge in [-0.1, -0.05) is 17.7 Å². The van der Waals surface area contributed by atoms with E-state index in [0.29, 0.717) is 13.2 Å². The second-order valence-corrected chi connectivity index (χ2v) is 5.10. The summed E-state index contributed by atoms with van der Waals surface area (Å²) in [6.45, 7) is 4.60. The van der Waals surface area contributed by atoms with Crippen LogP contribution in [0.1, 0.15) is 12.0 Å². The SMILES string of the molecule is Cc1ccc(OCC(O)CNCCCn2cccn2)cc1. The number of aryl methyl sites for hydroxylation is 2. The maximum atomic E-state index is 9.84. The lowest BCUT2D eigenvalue weighted by Gasteiger charge is -2.13. The van der Waals surface area contributed by atoms with Gasteiger partial charge in [0.15, 0.2) is 0 Å². The molecule has 0 aliphatic heterocycles. The number of hydrogen-bond acceptors (Lipinski definition) is 4. The summed E-state index contributed by atoms with van der Waals surface area (Å²) >= 11 is 0. The highest BCUT2D eigenvalue weighted by atomic mass is 16.5. The lowest BCUT2D eigenvalue weighted by Crippen LogP contribution is -2.32. The van der Waals surface area contributed by atoms with E-state index in [1.807, 2.05) is 48.1 Å². The van der Waals surface area contributed by atoms with Crippen LogP contribution in [0.25, 0.3) is 0 Å². The number of aromatic nitrogens is 2.